The molecule has 2 aromatic rings. The van der Waals surface area contributed by atoms with Crippen LogP contribution in [0.25, 0.3) is 11.0 Å². The summed E-state index contributed by atoms with van der Waals surface area (Å²) in [5, 5.41) is 10.8. The lowest BCUT2D eigenvalue weighted by Gasteiger charge is -2.42. The minimum atomic E-state index is -4.33. The number of hydrogen-bond donors (Lipinski definition) is 2. The lowest BCUT2D eigenvalue weighted by atomic mass is 9.96. The van der Waals surface area contributed by atoms with Gasteiger partial charge in [0, 0.05) is 43.8 Å². The molecule has 5 rings (SSSR count). The Morgan fingerprint density at radius 2 is 1.97 bits per heavy atom. The Labute approximate surface area is 200 Å². The van der Waals surface area contributed by atoms with Crippen molar-refractivity contribution in [3.05, 3.63) is 52.5 Å². The second-order valence-corrected chi connectivity index (χ2v) is 13.4. The maximum atomic E-state index is 13.8. The highest BCUT2D eigenvalue weighted by atomic mass is 32.3. The number of alkyl halides is 2. The molecule has 35 heavy (non-hydrogen) atoms. The fraction of sp³-hybridized carbons (Fsp3) is 0.391. The predicted molar refractivity (Wildman–Crippen MR) is 125 cm³/mol. The molecule has 1 saturated carbocycles. The Morgan fingerprint density at radius 1 is 1.31 bits per heavy atom. The van der Waals surface area contributed by atoms with E-state index in [2.05, 4.69) is 20.5 Å². The molecule has 1 aliphatic carbocycles. The molecule has 0 radical (unpaired) electrons. The van der Waals surface area contributed by atoms with Gasteiger partial charge in [-0.05, 0) is 31.4 Å². The number of rotatable bonds is 5. The first-order valence-corrected chi connectivity index (χ1v) is 13.5. The van der Waals surface area contributed by atoms with Crippen LogP contribution in [0.3, 0.4) is 0 Å². The number of halogens is 2. The summed E-state index contributed by atoms with van der Waals surface area (Å²) in [4.78, 5) is 4.71. The average Bonchev–Trinajstić information content (AvgIpc) is 3.45. The van der Waals surface area contributed by atoms with Gasteiger partial charge in [-0.25, -0.2) is 15.0 Å². The van der Waals surface area contributed by atoms with Gasteiger partial charge in [0.1, 0.15) is 5.82 Å². The van der Waals surface area contributed by atoms with Gasteiger partial charge in [0.25, 0.3) is 0 Å². The Kier molecular flexibility index (Phi) is 4.78. The zero-order valence-corrected chi connectivity index (χ0v) is 20.2. The Balaban J connectivity index is 1.58. The Hall–Kier alpha value is -3.27. The van der Waals surface area contributed by atoms with Crippen molar-refractivity contribution in [2.75, 3.05) is 12.0 Å². The van der Waals surface area contributed by atoms with Crippen LogP contribution in [0.15, 0.2) is 46.7 Å². The van der Waals surface area contributed by atoms with Crippen LogP contribution in [0, 0.1) is 16.7 Å². The summed E-state index contributed by atoms with van der Waals surface area (Å²) in [6.45, 7) is 1.62. The van der Waals surface area contributed by atoms with Gasteiger partial charge in [0.15, 0.2) is 11.5 Å². The van der Waals surface area contributed by atoms with Crippen molar-refractivity contribution in [3.8, 4) is 17.6 Å². The number of nitriles is 1. The minimum absolute atomic E-state index is 0.0279. The van der Waals surface area contributed by atoms with E-state index in [4.69, 9.17) is 5.84 Å². The SMILES string of the molecule is CCS(C)(=O)(O)/C(Cc1nc2cc3c(cc2n1C)OC(F)(F)O3)=C1\C=CC(C2(C#N)CC2)=CN1N. The predicted octanol–water partition coefficient (Wildman–Crippen LogP) is 3.52. The van der Waals surface area contributed by atoms with Crippen molar-refractivity contribution >= 4 is 20.4 Å². The number of fused-ring (bicyclic) bond motifs is 2. The van der Waals surface area contributed by atoms with Crippen LogP contribution in [0.2, 0.25) is 0 Å². The summed E-state index contributed by atoms with van der Waals surface area (Å²) in [5.74, 6) is 6.42. The molecule has 0 atom stereocenters. The summed E-state index contributed by atoms with van der Waals surface area (Å²) in [7, 11) is -2.64. The molecule has 1 fully saturated rings. The van der Waals surface area contributed by atoms with E-state index in [0.717, 1.165) is 18.4 Å². The quantitative estimate of drug-likeness (QED) is 0.591. The van der Waals surface area contributed by atoms with Gasteiger partial charge >= 0.3 is 6.29 Å². The second kappa shape index (κ2) is 7.13. The number of allylic oxidation sites excluding steroid dienone is 4. The van der Waals surface area contributed by atoms with Gasteiger partial charge in [-0.2, -0.15) is 14.6 Å². The first kappa shape index (κ1) is 23.5. The number of ether oxygens (including phenoxy) is 2. The number of imidazole rings is 1. The molecule has 9 nitrogen and oxygen atoms in total. The minimum Gasteiger partial charge on any atom is -0.395 e. The van der Waals surface area contributed by atoms with Crippen LogP contribution in [-0.4, -0.2) is 41.6 Å². The smallest absolute Gasteiger partial charge is 0.395 e. The topological polar surface area (TPSA) is 127 Å². The van der Waals surface area contributed by atoms with E-state index >= 15 is 0 Å². The van der Waals surface area contributed by atoms with E-state index in [-0.39, 0.29) is 28.6 Å². The third-order valence-electron chi connectivity index (χ3n) is 6.91. The third kappa shape index (κ3) is 3.80. The van der Waals surface area contributed by atoms with Crippen molar-refractivity contribution in [2.24, 2.45) is 18.3 Å². The fourth-order valence-electron chi connectivity index (χ4n) is 4.33. The molecule has 0 amide bonds. The normalized spacial score (nSPS) is 22.4. The lowest BCUT2D eigenvalue weighted by Crippen LogP contribution is -2.40. The van der Waals surface area contributed by atoms with Crippen molar-refractivity contribution in [2.45, 2.75) is 32.5 Å². The monoisotopic (exact) mass is 505 g/mol. The van der Waals surface area contributed by atoms with Crippen molar-refractivity contribution in [3.63, 3.8) is 0 Å². The molecule has 2 aliphatic heterocycles. The van der Waals surface area contributed by atoms with E-state index in [1.54, 1.807) is 36.9 Å². The molecule has 3 aliphatic rings. The fourth-order valence-corrected chi connectivity index (χ4v) is 5.89. The van der Waals surface area contributed by atoms with Crippen molar-refractivity contribution in [1.29, 1.82) is 5.26 Å². The van der Waals surface area contributed by atoms with Gasteiger partial charge in [0.2, 0.25) is 0 Å². The first-order valence-electron chi connectivity index (χ1n) is 11.0. The number of nitrogens with zero attached hydrogens (tertiary/aromatic N) is 4. The molecule has 0 unspecified atom stereocenters. The summed E-state index contributed by atoms with van der Waals surface area (Å²) in [6.07, 6.45) is 4.05. The van der Waals surface area contributed by atoms with E-state index in [9.17, 15) is 22.8 Å². The van der Waals surface area contributed by atoms with Gasteiger partial charge < -0.3 is 14.0 Å². The maximum Gasteiger partial charge on any atom is 0.586 e. The number of benzene rings is 1. The van der Waals surface area contributed by atoms with Crippen LogP contribution in [0.1, 0.15) is 25.6 Å². The van der Waals surface area contributed by atoms with E-state index in [1.807, 2.05) is 0 Å². The largest absolute Gasteiger partial charge is 0.586 e. The summed E-state index contributed by atoms with van der Waals surface area (Å²) in [6, 6.07) is 5.07. The van der Waals surface area contributed by atoms with Crippen LogP contribution in [0.5, 0.6) is 11.5 Å². The molecule has 1 aromatic heterocycles. The molecule has 12 heteroatoms. The lowest BCUT2D eigenvalue weighted by molar-refractivity contribution is -0.286. The van der Waals surface area contributed by atoms with Crippen LogP contribution >= 0.6 is 0 Å². The molecule has 3 heterocycles. The average molecular weight is 506 g/mol. The van der Waals surface area contributed by atoms with Gasteiger partial charge in [0.05, 0.1) is 33.1 Å². The number of aromatic nitrogens is 2. The highest BCUT2D eigenvalue weighted by molar-refractivity contribution is 8.17. The molecular weight excluding hydrogens is 480 g/mol. The molecule has 1 aromatic carbocycles. The second-order valence-electron chi connectivity index (χ2n) is 9.32. The van der Waals surface area contributed by atoms with E-state index in [1.165, 1.54) is 23.4 Å². The zero-order chi connectivity index (χ0) is 25.4. The highest BCUT2D eigenvalue weighted by Crippen LogP contribution is 2.53. The molecule has 3 N–H and O–H groups in total. The maximum absolute atomic E-state index is 13.8. The van der Waals surface area contributed by atoms with Gasteiger partial charge in [-0.15, -0.1) is 8.78 Å². The molecule has 0 saturated heterocycles. The van der Waals surface area contributed by atoms with Gasteiger partial charge in [-0.3, -0.25) is 9.56 Å². The number of hydrazine groups is 1. The standard InChI is InChI=1S/C23H25F2N5O4S/c1-4-35(3,31,32)20(16-6-5-14(12-30(16)27)22(13-26)7-8-22)11-21-28-15-9-18-19(10-17(15)29(21)2)34-23(24,25)33-18/h5-6,9-10,12H,4,7-8,11,27H2,1-3H3,(H,31,32)/b20-16+. The van der Waals surface area contributed by atoms with Crippen LogP contribution < -0.4 is 15.3 Å². The number of nitrogens with two attached hydrogens (primary N) is 1. The Bertz CT molecular complexity index is 1470. The third-order valence-corrected chi connectivity index (χ3v) is 9.88. The summed E-state index contributed by atoms with van der Waals surface area (Å²) in [5.41, 5.74) is 1.40. The summed E-state index contributed by atoms with van der Waals surface area (Å²) >= 11 is 0. The highest BCUT2D eigenvalue weighted by Gasteiger charge is 2.47. The summed E-state index contributed by atoms with van der Waals surface area (Å²) < 4.78 is 62.6. The van der Waals surface area contributed by atoms with E-state index in [0.29, 0.717) is 22.6 Å². The van der Waals surface area contributed by atoms with Crippen molar-refractivity contribution < 1.29 is 27.0 Å². The molecule has 0 spiro atoms. The first-order chi connectivity index (χ1) is 16.3. The van der Waals surface area contributed by atoms with Crippen LogP contribution in [0.4, 0.5) is 8.78 Å². The Morgan fingerprint density at radius 3 is 2.54 bits per heavy atom. The molecular formula is C23H25F2N5O4S. The number of aryl methyl sites for hydroxylation is 1. The molecule has 186 valence electrons. The van der Waals surface area contributed by atoms with Gasteiger partial charge in [-0.1, -0.05) is 6.08 Å². The zero-order valence-electron chi connectivity index (χ0n) is 19.4. The number of hydrogen-bond acceptors (Lipinski definition) is 7. The molecule has 0 bridgehead atoms. The van der Waals surface area contributed by atoms with Crippen molar-refractivity contribution in [1.82, 2.24) is 14.6 Å². The van der Waals surface area contributed by atoms with E-state index < -0.39 is 21.1 Å². The van der Waals surface area contributed by atoms with Crippen LogP contribution in [-0.2, 0) is 22.8 Å².